The van der Waals surface area contributed by atoms with Crippen molar-refractivity contribution in [2.75, 3.05) is 20.2 Å². The molecule has 0 aliphatic carbocycles. The van der Waals surface area contributed by atoms with Crippen LogP contribution in [0.4, 0.5) is 0 Å². The van der Waals surface area contributed by atoms with Crippen LogP contribution < -0.4 is 10.6 Å². The minimum absolute atomic E-state index is 0.0137. The van der Waals surface area contributed by atoms with E-state index in [9.17, 15) is 9.59 Å². The first kappa shape index (κ1) is 15.9. The number of ether oxygens (including phenoxy) is 1. The SMILES string of the molecule is COC(CNC(=O)CCNC(C)(C)C)C(=O)O. The summed E-state index contributed by atoms with van der Waals surface area (Å²) in [5, 5.41) is 14.4. The van der Waals surface area contributed by atoms with Crippen LogP contribution in [0.5, 0.6) is 0 Å². The second-order valence-corrected chi connectivity index (χ2v) is 4.79. The topological polar surface area (TPSA) is 87.7 Å². The second kappa shape index (κ2) is 7.24. The Balaban J connectivity index is 3.76. The highest BCUT2D eigenvalue weighted by Crippen LogP contribution is 1.97. The molecule has 17 heavy (non-hydrogen) atoms. The van der Waals surface area contributed by atoms with E-state index in [0.717, 1.165) is 0 Å². The van der Waals surface area contributed by atoms with Gasteiger partial charge in [-0.05, 0) is 20.8 Å². The Hall–Kier alpha value is -1.14. The zero-order valence-corrected chi connectivity index (χ0v) is 10.9. The molecule has 100 valence electrons. The van der Waals surface area contributed by atoms with Crippen molar-refractivity contribution in [3.05, 3.63) is 0 Å². The fourth-order valence-electron chi connectivity index (χ4n) is 1.12. The van der Waals surface area contributed by atoms with E-state index in [0.29, 0.717) is 13.0 Å². The Bertz CT molecular complexity index is 261. The lowest BCUT2D eigenvalue weighted by atomic mass is 10.1. The molecule has 0 saturated carbocycles. The number of rotatable bonds is 7. The minimum atomic E-state index is -1.08. The fraction of sp³-hybridized carbons (Fsp3) is 0.818. The zero-order chi connectivity index (χ0) is 13.5. The van der Waals surface area contributed by atoms with Crippen LogP contribution in [-0.4, -0.2) is 48.8 Å². The van der Waals surface area contributed by atoms with Gasteiger partial charge in [-0.3, -0.25) is 4.79 Å². The van der Waals surface area contributed by atoms with E-state index in [1.54, 1.807) is 0 Å². The van der Waals surface area contributed by atoms with Crippen LogP contribution in [0.2, 0.25) is 0 Å². The van der Waals surface area contributed by atoms with Gasteiger partial charge in [0.1, 0.15) is 0 Å². The third-order valence-electron chi connectivity index (χ3n) is 2.05. The monoisotopic (exact) mass is 246 g/mol. The van der Waals surface area contributed by atoms with E-state index in [2.05, 4.69) is 10.6 Å². The largest absolute Gasteiger partial charge is 0.479 e. The average molecular weight is 246 g/mol. The van der Waals surface area contributed by atoms with Gasteiger partial charge in [0.05, 0.1) is 6.54 Å². The quantitative estimate of drug-likeness (QED) is 0.587. The molecule has 6 heteroatoms. The summed E-state index contributed by atoms with van der Waals surface area (Å²) in [6.07, 6.45) is -0.678. The van der Waals surface area contributed by atoms with Gasteiger partial charge in [-0.1, -0.05) is 0 Å². The molecule has 0 fully saturated rings. The van der Waals surface area contributed by atoms with E-state index in [1.165, 1.54) is 7.11 Å². The van der Waals surface area contributed by atoms with Crippen molar-refractivity contribution in [1.82, 2.24) is 10.6 Å². The number of amides is 1. The van der Waals surface area contributed by atoms with E-state index >= 15 is 0 Å². The maximum atomic E-state index is 11.4. The third kappa shape index (κ3) is 8.65. The third-order valence-corrected chi connectivity index (χ3v) is 2.05. The Morgan fingerprint density at radius 2 is 1.94 bits per heavy atom. The highest BCUT2D eigenvalue weighted by atomic mass is 16.5. The van der Waals surface area contributed by atoms with Crippen molar-refractivity contribution in [2.24, 2.45) is 0 Å². The first-order valence-electron chi connectivity index (χ1n) is 5.53. The maximum absolute atomic E-state index is 11.4. The predicted molar refractivity (Wildman–Crippen MR) is 63.8 cm³/mol. The summed E-state index contributed by atoms with van der Waals surface area (Å²) in [6.45, 7) is 6.57. The number of aliphatic carboxylic acids is 1. The lowest BCUT2D eigenvalue weighted by Gasteiger charge is -2.20. The molecule has 6 nitrogen and oxygen atoms in total. The standard InChI is InChI=1S/C11H22N2O4/c1-11(2,3)13-6-5-9(14)12-7-8(17-4)10(15)16/h8,13H,5-7H2,1-4H3,(H,12,14)(H,15,16). The number of carbonyl (C=O) groups excluding carboxylic acids is 1. The van der Waals surface area contributed by atoms with Crippen molar-refractivity contribution in [3.8, 4) is 0 Å². The summed E-state index contributed by atoms with van der Waals surface area (Å²) < 4.78 is 4.69. The first-order valence-corrected chi connectivity index (χ1v) is 5.53. The van der Waals surface area contributed by atoms with E-state index < -0.39 is 12.1 Å². The highest BCUT2D eigenvalue weighted by Gasteiger charge is 2.17. The Kier molecular flexibility index (Phi) is 6.75. The molecule has 1 atom stereocenters. The molecule has 0 aromatic carbocycles. The number of methoxy groups -OCH3 is 1. The van der Waals surface area contributed by atoms with Gasteiger partial charge in [-0.25, -0.2) is 4.79 Å². The predicted octanol–water partition coefficient (Wildman–Crippen LogP) is -0.0196. The van der Waals surface area contributed by atoms with Gasteiger partial charge < -0.3 is 20.5 Å². The number of hydrogen-bond donors (Lipinski definition) is 3. The summed E-state index contributed by atoms with van der Waals surface area (Å²) in [5.41, 5.74) is -0.0313. The zero-order valence-electron chi connectivity index (χ0n) is 10.9. The van der Waals surface area contributed by atoms with Crippen LogP contribution in [0.25, 0.3) is 0 Å². The first-order chi connectivity index (χ1) is 7.76. The van der Waals surface area contributed by atoms with Crippen molar-refractivity contribution in [1.29, 1.82) is 0 Å². The second-order valence-electron chi connectivity index (χ2n) is 4.79. The molecule has 0 bridgehead atoms. The van der Waals surface area contributed by atoms with Gasteiger partial charge in [0.2, 0.25) is 5.91 Å². The van der Waals surface area contributed by atoms with Gasteiger partial charge >= 0.3 is 5.97 Å². The van der Waals surface area contributed by atoms with Crippen molar-refractivity contribution < 1.29 is 19.4 Å². The van der Waals surface area contributed by atoms with Crippen LogP contribution in [0.15, 0.2) is 0 Å². The van der Waals surface area contributed by atoms with Crippen molar-refractivity contribution in [2.45, 2.75) is 38.8 Å². The number of hydrogen-bond acceptors (Lipinski definition) is 4. The Labute approximate surface area is 102 Å². The summed E-state index contributed by atoms with van der Waals surface area (Å²) in [7, 11) is 1.30. The summed E-state index contributed by atoms with van der Waals surface area (Å²) in [4.78, 5) is 22.0. The molecule has 0 aromatic rings. The fourth-order valence-corrected chi connectivity index (χ4v) is 1.12. The van der Waals surface area contributed by atoms with Crippen LogP contribution in [0.1, 0.15) is 27.2 Å². The molecule has 0 saturated heterocycles. The van der Waals surface area contributed by atoms with Gasteiger partial charge in [-0.2, -0.15) is 0 Å². The maximum Gasteiger partial charge on any atom is 0.334 e. The lowest BCUT2D eigenvalue weighted by Crippen LogP contribution is -2.41. The van der Waals surface area contributed by atoms with Crippen LogP contribution >= 0.6 is 0 Å². The van der Waals surface area contributed by atoms with Gasteiger partial charge in [0.15, 0.2) is 6.10 Å². The average Bonchev–Trinajstić information content (AvgIpc) is 2.16. The minimum Gasteiger partial charge on any atom is -0.479 e. The van der Waals surface area contributed by atoms with Gasteiger partial charge in [-0.15, -0.1) is 0 Å². The van der Waals surface area contributed by atoms with E-state index in [4.69, 9.17) is 9.84 Å². The molecule has 3 N–H and O–H groups in total. The molecule has 0 aromatic heterocycles. The van der Waals surface area contributed by atoms with E-state index in [-0.39, 0.29) is 18.0 Å². The van der Waals surface area contributed by atoms with Gasteiger partial charge in [0.25, 0.3) is 0 Å². The molecular weight excluding hydrogens is 224 g/mol. The molecule has 0 spiro atoms. The van der Waals surface area contributed by atoms with Gasteiger partial charge in [0, 0.05) is 25.6 Å². The van der Waals surface area contributed by atoms with Crippen molar-refractivity contribution in [3.63, 3.8) is 0 Å². The Morgan fingerprint density at radius 3 is 2.35 bits per heavy atom. The molecule has 0 heterocycles. The highest BCUT2D eigenvalue weighted by molar-refractivity contribution is 5.78. The van der Waals surface area contributed by atoms with Crippen LogP contribution in [0, 0.1) is 0 Å². The van der Waals surface area contributed by atoms with E-state index in [1.807, 2.05) is 20.8 Å². The molecule has 0 aliphatic rings. The molecule has 1 unspecified atom stereocenters. The van der Waals surface area contributed by atoms with Crippen LogP contribution in [-0.2, 0) is 14.3 Å². The number of carboxylic acid groups (broad SMARTS) is 1. The molecule has 0 rings (SSSR count). The summed E-state index contributed by atoms with van der Waals surface area (Å²) in [5.74, 6) is -1.27. The van der Waals surface area contributed by atoms with Crippen molar-refractivity contribution >= 4 is 11.9 Å². The number of nitrogens with one attached hydrogen (secondary N) is 2. The molecule has 1 amide bonds. The smallest absolute Gasteiger partial charge is 0.334 e. The summed E-state index contributed by atoms with van der Waals surface area (Å²) in [6, 6.07) is 0. The number of carboxylic acids is 1. The molecular formula is C11H22N2O4. The molecule has 0 radical (unpaired) electrons. The number of carbonyl (C=O) groups is 2. The Morgan fingerprint density at radius 1 is 1.35 bits per heavy atom. The molecule has 0 aliphatic heterocycles. The van der Waals surface area contributed by atoms with Crippen LogP contribution in [0.3, 0.4) is 0 Å². The lowest BCUT2D eigenvalue weighted by molar-refractivity contribution is -0.148. The normalized spacial score (nSPS) is 13.2. The summed E-state index contributed by atoms with van der Waals surface area (Å²) >= 11 is 0.